The molecule has 0 amide bonds. The smallest absolute Gasteiger partial charge is 0.0121 e. The number of nitrogens with one attached hydrogen (secondary N) is 1. The first-order valence-corrected chi connectivity index (χ1v) is 5.87. The Morgan fingerprint density at radius 1 is 1.43 bits per heavy atom. The molecule has 1 aliphatic heterocycles. The molecule has 1 N–H and O–H groups in total. The Morgan fingerprint density at radius 3 is 2.64 bits per heavy atom. The van der Waals surface area contributed by atoms with Crippen molar-refractivity contribution >= 4 is 0 Å². The molecule has 0 saturated carbocycles. The van der Waals surface area contributed by atoms with Crippen LogP contribution in [-0.4, -0.2) is 38.1 Å². The summed E-state index contributed by atoms with van der Waals surface area (Å²) in [6, 6.07) is 0.708. The highest BCUT2D eigenvalue weighted by molar-refractivity contribution is 4.93. The van der Waals surface area contributed by atoms with Gasteiger partial charge in [0.1, 0.15) is 0 Å². The van der Waals surface area contributed by atoms with Crippen molar-refractivity contribution in [3.8, 4) is 0 Å². The van der Waals surface area contributed by atoms with E-state index in [4.69, 9.17) is 0 Å². The molecule has 0 aromatic carbocycles. The van der Waals surface area contributed by atoms with Crippen molar-refractivity contribution in [3.63, 3.8) is 0 Å². The highest BCUT2D eigenvalue weighted by Gasteiger charge is 2.41. The van der Waals surface area contributed by atoms with Crippen LogP contribution in [-0.2, 0) is 0 Å². The lowest BCUT2D eigenvalue weighted by Crippen LogP contribution is -2.52. The van der Waals surface area contributed by atoms with Crippen molar-refractivity contribution < 1.29 is 0 Å². The Balaban J connectivity index is 2.68. The van der Waals surface area contributed by atoms with E-state index < -0.39 is 0 Å². The van der Waals surface area contributed by atoms with E-state index in [1.807, 2.05) is 7.05 Å². The normalized spacial score (nSPS) is 40.1. The van der Waals surface area contributed by atoms with Gasteiger partial charge in [0, 0.05) is 6.04 Å². The fourth-order valence-corrected chi connectivity index (χ4v) is 2.69. The van der Waals surface area contributed by atoms with Crippen molar-refractivity contribution in [2.24, 2.45) is 11.3 Å². The third kappa shape index (κ3) is 2.12. The average Bonchev–Trinajstić information content (AvgIpc) is 2.18. The molecule has 1 rings (SSSR count). The number of nitrogens with zero attached hydrogens (tertiary/aromatic N) is 1. The molecule has 2 heteroatoms. The molecule has 1 aliphatic rings. The SMILES string of the molecule is CNCCC1(C)C(C)CCN(C)C1C. The maximum Gasteiger partial charge on any atom is 0.0121 e. The zero-order valence-electron chi connectivity index (χ0n) is 10.4. The summed E-state index contributed by atoms with van der Waals surface area (Å²) in [5.41, 5.74) is 0.482. The Morgan fingerprint density at radius 2 is 2.07 bits per heavy atom. The summed E-state index contributed by atoms with van der Waals surface area (Å²) in [5.74, 6) is 0.849. The Bertz CT molecular complexity index is 181. The van der Waals surface area contributed by atoms with Gasteiger partial charge in [-0.1, -0.05) is 13.8 Å². The molecule has 84 valence electrons. The standard InChI is InChI=1S/C12H26N2/c1-10-6-9-14(5)11(2)12(10,3)7-8-13-4/h10-11,13H,6-9H2,1-5H3. The van der Waals surface area contributed by atoms with Crippen LogP contribution in [0.3, 0.4) is 0 Å². The maximum atomic E-state index is 3.28. The summed E-state index contributed by atoms with van der Waals surface area (Å²) in [7, 11) is 4.30. The van der Waals surface area contributed by atoms with Gasteiger partial charge in [0.15, 0.2) is 0 Å². The van der Waals surface area contributed by atoms with E-state index >= 15 is 0 Å². The second-order valence-corrected chi connectivity index (χ2v) is 5.21. The topological polar surface area (TPSA) is 15.3 Å². The Hall–Kier alpha value is -0.0800. The van der Waals surface area contributed by atoms with Gasteiger partial charge in [-0.25, -0.2) is 0 Å². The van der Waals surface area contributed by atoms with Crippen molar-refractivity contribution in [2.45, 2.75) is 39.7 Å². The fraction of sp³-hybridized carbons (Fsp3) is 1.00. The van der Waals surface area contributed by atoms with Crippen LogP contribution in [0.1, 0.15) is 33.6 Å². The molecule has 0 spiro atoms. The van der Waals surface area contributed by atoms with Crippen molar-refractivity contribution in [2.75, 3.05) is 27.2 Å². The van der Waals surface area contributed by atoms with E-state index in [1.54, 1.807) is 0 Å². The molecule has 3 atom stereocenters. The van der Waals surface area contributed by atoms with Crippen molar-refractivity contribution in [1.82, 2.24) is 10.2 Å². The third-order valence-corrected chi connectivity index (χ3v) is 4.57. The van der Waals surface area contributed by atoms with E-state index in [2.05, 4.69) is 38.0 Å². The maximum absolute atomic E-state index is 3.28. The minimum atomic E-state index is 0.482. The molecule has 3 unspecified atom stereocenters. The molecule has 14 heavy (non-hydrogen) atoms. The molecular formula is C12H26N2. The first kappa shape index (κ1) is 12.0. The first-order valence-electron chi connectivity index (χ1n) is 5.87. The molecule has 0 radical (unpaired) electrons. The van der Waals surface area contributed by atoms with Gasteiger partial charge in [0.05, 0.1) is 0 Å². The van der Waals surface area contributed by atoms with Gasteiger partial charge >= 0.3 is 0 Å². The van der Waals surface area contributed by atoms with Gasteiger partial charge in [-0.3, -0.25) is 0 Å². The minimum Gasteiger partial charge on any atom is -0.320 e. The summed E-state index contributed by atoms with van der Waals surface area (Å²) >= 11 is 0. The van der Waals surface area contributed by atoms with Gasteiger partial charge in [-0.2, -0.15) is 0 Å². The predicted molar refractivity (Wildman–Crippen MR) is 62.5 cm³/mol. The summed E-state index contributed by atoms with van der Waals surface area (Å²) in [6.45, 7) is 9.65. The predicted octanol–water partition coefficient (Wildman–Crippen LogP) is 1.96. The molecule has 1 saturated heterocycles. The minimum absolute atomic E-state index is 0.482. The van der Waals surface area contributed by atoms with E-state index in [-0.39, 0.29) is 0 Å². The lowest BCUT2D eigenvalue weighted by Gasteiger charge is -2.50. The van der Waals surface area contributed by atoms with Gasteiger partial charge in [0.25, 0.3) is 0 Å². The van der Waals surface area contributed by atoms with Gasteiger partial charge in [0.2, 0.25) is 0 Å². The zero-order chi connectivity index (χ0) is 10.8. The van der Waals surface area contributed by atoms with E-state index in [9.17, 15) is 0 Å². The summed E-state index contributed by atoms with van der Waals surface area (Å²) < 4.78 is 0. The van der Waals surface area contributed by atoms with Crippen LogP contribution in [0.15, 0.2) is 0 Å². The van der Waals surface area contributed by atoms with Crippen molar-refractivity contribution in [1.29, 1.82) is 0 Å². The van der Waals surface area contributed by atoms with Crippen molar-refractivity contribution in [3.05, 3.63) is 0 Å². The average molecular weight is 198 g/mol. The monoisotopic (exact) mass is 198 g/mol. The summed E-state index contributed by atoms with van der Waals surface area (Å²) in [4.78, 5) is 2.51. The quantitative estimate of drug-likeness (QED) is 0.746. The highest BCUT2D eigenvalue weighted by atomic mass is 15.1. The number of piperidine rings is 1. The van der Waals surface area contributed by atoms with Crippen LogP contribution in [0.2, 0.25) is 0 Å². The van der Waals surface area contributed by atoms with Crippen LogP contribution in [0.5, 0.6) is 0 Å². The molecule has 0 bridgehead atoms. The van der Waals surface area contributed by atoms with Crippen LogP contribution >= 0.6 is 0 Å². The lowest BCUT2D eigenvalue weighted by atomic mass is 9.66. The number of likely N-dealkylation sites (tertiary alicyclic amines) is 1. The lowest BCUT2D eigenvalue weighted by molar-refractivity contribution is 0.00131. The number of rotatable bonds is 3. The third-order valence-electron chi connectivity index (χ3n) is 4.57. The van der Waals surface area contributed by atoms with Crippen LogP contribution < -0.4 is 5.32 Å². The number of hydrogen-bond donors (Lipinski definition) is 1. The van der Waals surface area contributed by atoms with E-state index in [1.165, 1.54) is 19.4 Å². The molecule has 0 aromatic rings. The molecular weight excluding hydrogens is 172 g/mol. The fourth-order valence-electron chi connectivity index (χ4n) is 2.69. The molecule has 0 aliphatic carbocycles. The summed E-state index contributed by atoms with van der Waals surface area (Å²) in [5, 5.41) is 3.28. The van der Waals surface area contributed by atoms with Crippen LogP contribution in [0.25, 0.3) is 0 Å². The van der Waals surface area contributed by atoms with Gasteiger partial charge < -0.3 is 10.2 Å². The van der Waals surface area contributed by atoms with Gasteiger partial charge in [-0.05, 0) is 58.3 Å². The van der Waals surface area contributed by atoms with Crippen LogP contribution in [0, 0.1) is 11.3 Å². The molecule has 0 aromatic heterocycles. The second-order valence-electron chi connectivity index (χ2n) is 5.21. The molecule has 2 nitrogen and oxygen atoms in total. The first-order chi connectivity index (χ1) is 6.52. The second kappa shape index (κ2) is 4.63. The van der Waals surface area contributed by atoms with E-state index in [0.29, 0.717) is 11.5 Å². The largest absolute Gasteiger partial charge is 0.320 e. The number of hydrogen-bond acceptors (Lipinski definition) is 2. The highest BCUT2D eigenvalue weighted by Crippen LogP contribution is 2.42. The van der Waals surface area contributed by atoms with E-state index in [0.717, 1.165) is 12.5 Å². The van der Waals surface area contributed by atoms with Gasteiger partial charge in [-0.15, -0.1) is 0 Å². The van der Waals surface area contributed by atoms with Crippen LogP contribution in [0.4, 0.5) is 0 Å². The Labute approximate surface area is 89.1 Å². The Kier molecular flexibility index (Phi) is 3.96. The molecule has 1 fully saturated rings. The zero-order valence-corrected chi connectivity index (χ0v) is 10.4. The summed E-state index contributed by atoms with van der Waals surface area (Å²) in [6.07, 6.45) is 2.64. The molecule has 1 heterocycles.